The normalized spacial score (nSPS) is 23.7. The molecule has 0 bridgehead atoms. The van der Waals surface area contributed by atoms with E-state index in [0.717, 1.165) is 32.6 Å². The fourth-order valence-electron chi connectivity index (χ4n) is 3.55. The van der Waals surface area contributed by atoms with Gasteiger partial charge in [-0.3, -0.25) is 9.69 Å². The van der Waals surface area contributed by atoms with Crippen LogP contribution in [0.5, 0.6) is 0 Å². The van der Waals surface area contributed by atoms with Crippen LogP contribution in [0.15, 0.2) is 18.5 Å². The predicted octanol–water partition coefficient (Wildman–Crippen LogP) is -0.578. The molecule has 1 atom stereocenters. The van der Waals surface area contributed by atoms with Crippen LogP contribution >= 0.6 is 0 Å². The topological polar surface area (TPSA) is 96.1 Å². The Hall–Kier alpha value is -2.10. The zero-order chi connectivity index (χ0) is 17.2. The van der Waals surface area contributed by atoms with E-state index >= 15 is 0 Å². The zero-order valence-electron chi connectivity index (χ0n) is 14.0. The Kier molecular flexibility index (Phi) is 4.60. The molecule has 2 aromatic rings. The van der Waals surface area contributed by atoms with E-state index in [0.29, 0.717) is 31.5 Å². The smallest absolute Gasteiger partial charge is 0.293 e. The Morgan fingerprint density at radius 3 is 2.88 bits per heavy atom. The van der Waals surface area contributed by atoms with Crippen molar-refractivity contribution in [1.29, 1.82) is 0 Å². The third-order valence-corrected chi connectivity index (χ3v) is 4.84. The van der Waals surface area contributed by atoms with Crippen LogP contribution in [0.25, 0.3) is 5.78 Å². The molecule has 0 radical (unpaired) electrons. The summed E-state index contributed by atoms with van der Waals surface area (Å²) in [6, 6.07) is 2.15. The zero-order valence-corrected chi connectivity index (χ0v) is 14.0. The second-order valence-corrected chi connectivity index (χ2v) is 6.54. The van der Waals surface area contributed by atoms with Crippen LogP contribution in [0, 0.1) is 0 Å². The lowest BCUT2D eigenvalue weighted by Crippen LogP contribution is -2.43. The summed E-state index contributed by atoms with van der Waals surface area (Å²) >= 11 is 0. The Labute approximate surface area is 145 Å². The minimum Gasteiger partial charge on any atom is -0.390 e. The van der Waals surface area contributed by atoms with Crippen LogP contribution < -0.4 is 0 Å². The number of carbonyl (C=O) groups excluding carboxylic acids is 1. The third-order valence-electron chi connectivity index (χ3n) is 4.84. The van der Waals surface area contributed by atoms with Gasteiger partial charge in [-0.05, 0) is 18.9 Å². The average molecular weight is 346 g/mol. The highest BCUT2D eigenvalue weighted by Gasteiger charge is 2.31. The molecule has 0 aliphatic carbocycles. The van der Waals surface area contributed by atoms with Crippen molar-refractivity contribution in [1.82, 2.24) is 29.4 Å². The second-order valence-electron chi connectivity index (χ2n) is 6.54. The van der Waals surface area contributed by atoms with Crippen molar-refractivity contribution in [3.63, 3.8) is 0 Å². The molecule has 9 nitrogen and oxygen atoms in total. The minimum absolute atomic E-state index is 0.116. The van der Waals surface area contributed by atoms with Gasteiger partial charge in [-0.1, -0.05) is 0 Å². The van der Waals surface area contributed by atoms with Crippen LogP contribution in [-0.2, 0) is 4.74 Å². The summed E-state index contributed by atoms with van der Waals surface area (Å²) in [7, 11) is 0. The maximum Gasteiger partial charge on any atom is 0.293 e. The number of ether oxygens (including phenoxy) is 1. The number of β-amino-alcohol motifs (C(OH)–C–C–N with tert-alkyl or cyclic N) is 1. The van der Waals surface area contributed by atoms with E-state index in [1.54, 1.807) is 23.4 Å². The number of rotatable bonds is 2. The number of aromatic nitrogens is 4. The summed E-state index contributed by atoms with van der Waals surface area (Å²) in [6.45, 7) is 3.68. The maximum absolute atomic E-state index is 12.8. The molecule has 2 fully saturated rings. The number of amides is 1. The molecule has 1 amide bonds. The summed E-state index contributed by atoms with van der Waals surface area (Å²) in [5.41, 5.74) is 0. The number of aliphatic hydroxyl groups is 1. The van der Waals surface area contributed by atoms with Crippen LogP contribution in [-0.4, -0.2) is 91.9 Å². The highest BCUT2D eigenvalue weighted by atomic mass is 16.5. The Bertz CT molecular complexity index is 711. The lowest BCUT2D eigenvalue weighted by atomic mass is 10.1. The molecule has 4 rings (SSSR count). The number of hydrogen-bond donors (Lipinski definition) is 1. The maximum atomic E-state index is 12.8. The fraction of sp³-hybridized carbons (Fsp3) is 0.625. The van der Waals surface area contributed by atoms with Gasteiger partial charge in [0.2, 0.25) is 5.82 Å². The lowest BCUT2D eigenvalue weighted by Gasteiger charge is -2.33. The Balaban J connectivity index is 1.47. The summed E-state index contributed by atoms with van der Waals surface area (Å²) in [5, 5.41) is 14.6. The van der Waals surface area contributed by atoms with Gasteiger partial charge in [0.05, 0.1) is 6.10 Å². The first-order chi connectivity index (χ1) is 12.2. The van der Waals surface area contributed by atoms with E-state index in [2.05, 4.69) is 20.0 Å². The van der Waals surface area contributed by atoms with Gasteiger partial charge in [-0.2, -0.15) is 4.98 Å². The molecule has 0 aromatic carbocycles. The summed E-state index contributed by atoms with van der Waals surface area (Å²) in [6.07, 6.45) is 4.68. The van der Waals surface area contributed by atoms with Crippen molar-refractivity contribution in [2.45, 2.75) is 25.0 Å². The number of nitrogens with zero attached hydrogens (tertiary/aromatic N) is 6. The molecule has 9 heteroatoms. The highest BCUT2D eigenvalue weighted by Crippen LogP contribution is 2.17. The molecule has 2 aromatic heterocycles. The lowest BCUT2D eigenvalue weighted by molar-refractivity contribution is 0.0217. The number of hydrogen-bond acceptors (Lipinski definition) is 7. The monoisotopic (exact) mass is 346 g/mol. The van der Waals surface area contributed by atoms with Crippen molar-refractivity contribution in [3.05, 3.63) is 24.3 Å². The summed E-state index contributed by atoms with van der Waals surface area (Å²) in [4.78, 5) is 25.0. The van der Waals surface area contributed by atoms with Crippen LogP contribution in [0.1, 0.15) is 23.5 Å². The van der Waals surface area contributed by atoms with Gasteiger partial charge in [0.1, 0.15) is 0 Å². The van der Waals surface area contributed by atoms with E-state index in [1.807, 2.05) is 0 Å². The first kappa shape index (κ1) is 16.4. The average Bonchev–Trinajstić information content (AvgIpc) is 2.98. The first-order valence-electron chi connectivity index (χ1n) is 8.67. The van der Waals surface area contributed by atoms with Gasteiger partial charge in [0.25, 0.3) is 11.7 Å². The molecule has 1 N–H and O–H groups in total. The van der Waals surface area contributed by atoms with Crippen molar-refractivity contribution < 1.29 is 14.6 Å². The molecule has 0 spiro atoms. The van der Waals surface area contributed by atoms with E-state index in [4.69, 9.17) is 4.74 Å². The quantitative estimate of drug-likeness (QED) is 0.777. The second kappa shape index (κ2) is 7.03. The molecule has 4 heterocycles. The first-order valence-corrected chi connectivity index (χ1v) is 8.67. The van der Waals surface area contributed by atoms with E-state index in [1.165, 1.54) is 4.52 Å². The molecule has 134 valence electrons. The molecular formula is C16H22N6O3. The van der Waals surface area contributed by atoms with Gasteiger partial charge in [-0.25, -0.2) is 9.50 Å². The highest BCUT2D eigenvalue weighted by molar-refractivity contribution is 5.90. The molecular weight excluding hydrogens is 324 g/mol. The van der Waals surface area contributed by atoms with Crippen molar-refractivity contribution >= 4 is 11.7 Å². The molecule has 2 aliphatic rings. The molecule has 25 heavy (non-hydrogen) atoms. The summed E-state index contributed by atoms with van der Waals surface area (Å²) in [5.74, 6) is 0.244. The Morgan fingerprint density at radius 1 is 1.24 bits per heavy atom. The number of carbonyl (C=O) groups is 1. The predicted molar refractivity (Wildman–Crippen MR) is 88.1 cm³/mol. The molecule has 0 saturated carbocycles. The van der Waals surface area contributed by atoms with E-state index < -0.39 is 6.10 Å². The van der Waals surface area contributed by atoms with Crippen LogP contribution in [0.4, 0.5) is 0 Å². The van der Waals surface area contributed by atoms with Gasteiger partial charge in [0, 0.05) is 57.8 Å². The standard InChI is InChI=1S/C16H22N6O3/c23-13-10-20(12-2-8-25-9-3-12)6-7-21(11-13)15(24)14-18-16-17-4-1-5-22(16)19-14/h1,4-5,12-13,23H,2-3,6-11H2/t13-/m1/s1. The molecule has 0 unspecified atom stereocenters. The Morgan fingerprint density at radius 2 is 2.08 bits per heavy atom. The van der Waals surface area contributed by atoms with Crippen LogP contribution in [0.2, 0.25) is 0 Å². The minimum atomic E-state index is -0.579. The van der Waals surface area contributed by atoms with Gasteiger partial charge >= 0.3 is 0 Å². The summed E-state index contributed by atoms with van der Waals surface area (Å²) < 4.78 is 6.90. The molecule has 2 aliphatic heterocycles. The van der Waals surface area contributed by atoms with E-state index in [9.17, 15) is 9.90 Å². The number of aliphatic hydroxyl groups excluding tert-OH is 1. The van der Waals surface area contributed by atoms with Crippen LogP contribution in [0.3, 0.4) is 0 Å². The SMILES string of the molecule is O=C(c1nc2ncccn2n1)N1CCN(C2CCOCC2)C[C@@H](O)C1. The van der Waals surface area contributed by atoms with Gasteiger partial charge in [0.15, 0.2) is 0 Å². The van der Waals surface area contributed by atoms with Crippen molar-refractivity contribution in [2.75, 3.05) is 39.4 Å². The van der Waals surface area contributed by atoms with Gasteiger partial charge in [-0.15, -0.1) is 5.10 Å². The van der Waals surface area contributed by atoms with E-state index in [-0.39, 0.29) is 11.7 Å². The van der Waals surface area contributed by atoms with Crippen molar-refractivity contribution in [2.24, 2.45) is 0 Å². The third kappa shape index (κ3) is 3.48. The molecule has 2 saturated heterocycles. The van der Waals surface area contributed by atoms with Gasteiger partial charge < -0.3 is 14.7 Å². The fourth-order valence-corrected chi connectivity index (χ4v) is 3.55. The van der Waals surface area contributed by atoms with Crippen molar-refractivity contribution in [3.8, 4) is 0 Å². The number of fused-ring (bicyclic) bond motifs is 1. The largest absolute Gasteiger partial charge is 0.390 e.